The third kappa shape index (κ3) is 4.08. The van der Waals surface area contributed by atoms with Crippen LogP contribution >= 0.6 is 0 Å². The second-order valence-corrected chi connectivity index (χ2v) is 7.37. The van der Waals surface area contributed by atoms with E-state index < -0.39 is 0 Å². The van der Waals surface area contributed by atoms with Crippen LogP contribution in [0.4, 0.5) is 5.69 Å². The van der Waals surface area contributed by atoms with Crippen molar-refractivity contribution in [2.45, 2.75) is 25.4 Å². The molecule has 7 heteroatoms. The number of pyridine rings is 1. The third-order valence-electron chi connectivity index (χ3n) is 5.46. The molecule has 1 amide bonds. The molecule has 1 aliphatic rings. The number of piperidine rings is 1. The molecule has 0 bridgehead atoms. The molecule has 1 saturated heterocycles. The molecule has 0 saturated carbocycles. The van der Waals surface area contributed by atoms with E-state index in [-0.39, 0.29) is 5.91 Å². The Morgan fingerprint density at radius 1 is 1.34 bits per heavy atom. The van der Waals surface area contributed by atoms with Gasteiger partial charge in [-0.25, -0.2) is 4.98 Å². The van der Waals surface area contributed by atoms with E-state index in [0.717, 1.165) is 49.2 Å². The number of carbonyl (C=O) groups excluding carboxylic acids is 1. The number of H-pyrrole nitrogens is 1. The van der Waals surface area contributed by atoms with Crippen LogP contribution in [0.2, 0.25) is 0 Å². The molecule has 4 rings (SSSR count). The second kappa shape index (κ2) is 8.33. The molecule has 3 aromatic rings. The van der Waals surface area contributed by atoms with Crippen molar-refractivity contribution < 1.29 is 4.79 Å². The van der Waals surface area contributed by atoms with Crippen molar-refractivity contribution in [3.8, 4) is 6.07 Å². The van der Waals surface area contributed by atoms with Crippen molar-refractivity contribution in [3.63, 3.8) is 0 Å². The zero-order valence-corrected chi connectivity index (χ0v) is 16.4. The van der Waals surface area contributed by atoms with Gasteiger partial charge in [0.1, 0.15) is 5.65 Å². The number of benzene rings is 1. The number of anilines is 1. The third-order valence-corrected chi connectivity index (χ3v) is 5.46. The molecule has 0 spiro atoms. The molecule has 0 aliphatic carbocycles. The highest BCUT2D eigenvalue weighted by Gasteiger charge is 2.23. The average Bonchev–Trinajstić information content (AvgIpc) is 3.24. The minimum absolute atomic E-state index is 0.141. The lowest BCUT2D eigenvalue weighted by Gasteiger charge is -2.33. The van der Waals surface area contributed by atoms with E-state index in [4.69, 9.17) is 5.26 Å². The Hall–Kier alpha value is -3.37. The van der Waals surface area contributed by atoms with Crippen LogP contribution in [-0.2, 0) is 6.54 Å². The summed E-state index contributed by atoms with van der Waals surface area (Å²) in [7, 11) is 1.63. The van der Waals surface area contributed by atoms with Crippen LogP contribution in [0.1, 0.15) is 34.3 Å². The van der Waals surface area contributed by atoms with Crippen LogP contribution in [0.5, 0.6) is 0 Å². The zero-order chi connectivity index (χ0) is 20.2. The molecule has 3 heterocycles. The number of rotatable bonds is 5. The molecule has 29 heavy (non-hydrogen) atoms. The van der Waals surface area contributed by atoms with Crippen molar-refractivity contribution in [2.75, 3.05) is 25.5 Å². The fourth-order valence-electron chi connectivity index (χ4n) is 3.91. The molecule has 3 N–H and O–H groups in total. The van der Waals surface area contributed by atoms with Gasteiger partial charge < -0.3 is 15.6 Å². The monoisotopic (exact) mass is 388 g/mol. The average molecular weight is 388 g/mol. The SMILES string of the molecule is CNC(=O)c1cnc2[nH]ccc2c1NC1CCN(Cc2cccc(C#N)c2)CC1. The Labute approximate surface area is 169 Å². The van der Waals surface area contributed by atoms with E-state index in [0.29, 0.717) is 17.2 Å². The number of nitrogens with zero attached hydrogens (tertiary/aromatic N) is 3. The first-order valence-corrected chi connectivity index (χ1v) is 9.84. The van der Waals surface area contributed by atoms with E-state index in [9.17, 15) is 4.79 Å². The Morgan fingerprint density at radius 3 is 2.93 bits per heavy atom. The fraction of sp³-hybridized carbons (Fsp3) is 0.318. The van der Waals surface area contributed by atoms with Gasteiger partial charge in [0, 0.05) is 50.5 Å². The Kier molecular flexibility index (Phi) is 5.45. The van der Waals surface area contributed by atoms with Gasteiger partial charge in [0.05, 0.1) is 22.9 Å². The number of aromatic nitrogens is 2. The molecule has 0 unspecified atom stereocenters. The fourth-order valence-corrected chi connectivity index (χ4v) is 3.91. The molecular formula is C22H24N6O. The predicted molar refractivity (Wildman–Crippen MR) is 113 cm³/mol. The zero-order valence-electron chi connectivity index (χ0n) is 16.4. The standard InChI is InChI=1S/C22H24N6O/c1-24-22(29)19-13-26-21-18(5-8-25-21)20(19)27-17-6-9-28(10-7-17)14-16-4-2-3-15(11-16)12-23/h2-5,8,11,13,17H,6-7,9-10,14H2,1H3,(H,24,29)(H2,25,26,27). The van der Waals surface area contributed by atoms with Crippen molar-refractivity contribution in [1.82, 2.24) is 20.2 Å². The Bertz CT molecular complexity index is 1060. The maximum Gasteiger partial charge on any atom is 0.254 e. The van der Waals surface area contributed by atoms with Crippen molar-refractivity contribution >= 4 is 22.6 Å². The van der Waals surface area contributed by atoms with Gasteiger partial charge in [0.15, 0.2) is 0 Å². The van der Waals surface area contributed by atoms with Crippen LogP contribution in [0.15, 0.2) is 42.7 Å². The Balaban J connectivity index is 1.44. The molecule has 0 atom stereocenters. The summed E-state index contributed by atoms with van der Waals surface area (Å²) in [6.07, 6.45) is 5.43. The van der Waals surface area contributed by atoms with E-state index in [2.05, 4.69) is 37.6 Å². The van der Waals surface area contributed by atoms with Crippen LogP contribution in [-0.4, -0.2) is 47.0 Å². The van der Waals surface area contributed by atoms with Crippen LogP contribution < -0.4 is 10.6 Å². The molecule has 148 valence electrons. The smallest absolute Gasteiger partial charge is 0.254 e. The van der Waals surface area contributed by atoms with Crippen LogP contribution in [0, 0.1) is 11.3 Å². The lowest BCUT2D eigenvalue weighted by molar-refractivity contribution is 0.0963. The van der Waals surface area contributed by atoms with Gasteiger partial charge in [-0.15, -0.1) is 0 Å². The summed E-state index contributed by atoms with van der Waals surface area (Å²) in [6.45, 7) is 2.78. The summed E-state index contributed by atoms with van der Waals surface area (Å²) < 4.78 is 0. The van der Waals surface area contributed by atoms with E-state index in [1.807, 2.05) is 30.5 Å². The van der Waals surface area contributed by atoms with Gasteiger partial charge >= 0.3 is 0 Å². The second-order valence-electron chi connectivity index (χ2n) is 7.37. The molecule has 1 aromatic carbocycles. The van der Waals surface area contributed by atoms with E-state index in [1.54, 1.807) is 13.2 Å². The largest absolute Gasteiger partial charge is 0.381 e. The van der Waals surface area contributed by atoms with Gasteiger partial charge in [-0.2, -0.15) is 5.26 Å². The first kappa shape index (κ1) is 19.0. The summed E-state index contributed by atoms with van der Waals surface area (Å²) in [5, 5.41) is 16.3. The molecule has 2 aromatic heterocycles. The molecule has 7 nitrogen and oxygen atoms in total. The number of likely N-dealkylation sites (tertiary alicyclic amines) is 1. The lowest BCUT2D eigenvalue weighted by atomic mass is 10.0. The molecule has 1 fully saturated rings. The highest BCUT2D eigenvalue weighted by atomic mass is 16.1. The Morgan fingerprint density at radius 2 is 2.17 bits per heavy atom. The number of nitrogens with one attached hydrogen (secondary N) is 3. The van der Waals surface area contributed by atoms with E-state index >= 15 is 0 Å². The van der Waals surface area contributed by atoms with Gasteiger partial charge in [0.25, 0.3) is 5.91 Å². The van der Waals surface area contributed by atoms with E-state index in [1.165, 1.54) is 5.56 Å². The summed E-state index contributed by atoms with van der Waals surface area (Å²) in [4.78, 5) is 22.2. The minimum atomic E-state index is -0.141. The number of nitriles is 1. The van der Waals surface area contributed by atoms with Crippen molar-refractivity contribution in [3.05, 3.63) is 59.4 Å². The van der Waals surface area contributed by atoms with Gasteiger partial charge in [-0.1, -0.05) is 12.1 Å². The molecule has 1 aliphatic heterocycles. The van der Waals surface area contributed by atoms with Crippen LogP contribution in [0.25, 0.3) is 11.0 Å². The normalized spacial score (nSPS) is 15.2. The number of fused-ring (bicyclic) bond motifs is 1. The summed E-state index contributed by atoms with van der Waals surface area (Å²) >= 11 is 0. The number of hydrogen-bond donors (Lipinski definition) is 3. The van der Waals surface area contributed by atoms with Crippen LogP contribution in [0.3, 0.4) is 0 Å². The first-order valence-electron chi connectivity index (χ1n) is 9.84. The van der Waals surface area contributed by atoms with Crippen molar-refractivity contribution in [1.29, 1.82) is 5.26 Å². The maximum absolute atomic E-state index is 12.3. The van der Waals surface area contributed by atoms with Crippen molar-refractivity contribution in [2.24, 2.45) is 0 Å². The summed E-state index contributed by atoms with van der Waals surface area (Å²) in [6, 6.07) is 12.2. The lowest BCUT2D eigenvalue weighted by Crippen LogP contribution is -2.39. The number of carbonyl (C=O) groups is 1. The number of hydrogen-bond acceptors (Lipinski definition) is 5. The predicted octanol–water partition coefficient (Wildman–Crippen LogP) is 2.87. The van der Waals surface area contributed by atoms with Gasteiger partial charge in [-0.05, 0) is 36.6 Å². The van der Waals surface area contributed by atoms with Gasteiger partial charge in [0.2, 0.25) is 0 Å². The highest BCUT2D eigenvalue weighted by molar-refractivity contribution is 6.06. The number of aromatic amines is 1. The first-order chi connectivity index (χ1) is 14.2. The molecule has 0 radical (unpaired) electrons. The maximum atomic E-state index is 12.3. The highest BCUT2D eigenvalue weighted by Crippen LogP contribution is 2.28. The molecular weight excluding hydrogens is 364 g/mol. The summed E-state index contributed by atoms with van der Waals surface area (Å²) in [5.41, 5.74) is 4.05. The number of amides is 1. The van der Waals surface area contributed by atoms with Gasteiger partial charge in [-0.3, -0.25) is 9.69 Å². The minimum Gasteiger partial charge on any atom is -0.381 e. The topological polar surface area (TPSA) is 96.8 Å². The summed E-state index contributed by atoms with van der Waals surface area (Å²) in [5.74, 6) is -0.141. The quantitative estimate of drug-likeness (QED) is 0.624.